The summed E-state index contributed by atoms with van der Waals surface area (Å²) in [6.07, 6.45) is 2.26. The molecule has 0 unspecified atom stereocenters. The molecule has 1 N–H and O–H groups in total. The predicted octanol–water partition coefficient (Wildman–Crippen LogP) is 2.47. The fourth-order valence-corrected chi connectivity index (χ4v) is 1.87. The van der Waals surface area contributed by atoms with Gasteiger partial charge in [0.25, 0.3) is 0 Å². The van der Waals surface area contributed by atoms with E-state index in [0.717, 1.165) is 25.1 Å². The van der Waals surface area contributed by atoms with E-state index in [2.05, 4.69) is 5.32 Å². The number of benzene rings is 1. The molecule has 0 spiro atoms. The lowest BCUT2D eigenvalue weighted by molar-refractivity contribution is 0.102. The van der Waals surface area contributed by atoms with Crippen LogP contribution in [-0.4, -0.2) is 18.2 Å². The van der Waals surface area contributed by atoms with Gasteiger partial charge in [-0.1, -0.05) is 12.1 Å². The Morgan fingerprint density at radius 2 is 2.36 bits per heavy atom. The van der Waals surface area contributed by atoms with Crippen molar-refractivity contribution < 1.29 is 4.79 Å². The molecule has 2 nitrogen and oxygen atoms in total. The summed E-state index contributed by atoms with van der Waals surface area (Å²) in [6, 6.07) is 5.77. The topological polar surface area (TPSA) is 29.1 Å². The number of Topliss-reactive ketones (excluding diaryl/α,β-unsaturated/α-hetero) is 1. The highest BCUT2D eigenvalue weighted by molar-refractivity contribution is 6.30. The lowest BCUT2D eigenvalue weighted by Crippen LogP contribution is -2.12. The molecule has 3 heteroatoms. The van der Waals surface area contributed by atoms with Crippen LogP contribution in [0.15, 0.2) is 18.2 Å². The highest BCUT2D eigenvalue weighted by atomic mass is 35.5. The summed E-state index contributed by atoms with van der Waals surface area (Å²) >= 11 is 5.50. The second kappa shape index (κ2) is 4.01. The van der Waals surface area contributed by atoms with Gasteiger partial charge in [0.05, 0.1) is 5.88 Å². The lowest BCUT2D eigenvalue weighted by atomic mass is 10.0. The highest BCUT2D eigenvalue weighted by Crippen LogP contribution is 2.23. The Morgan fingerprint density at radius 3 is 3.14 bits per heavy atom. The molecule has 0 aromatic heterocycles. The van der Waals surface area contributed by atoms with Crippen LogP contribution in [0.25, 0.3) is 0 Å². The number of ketones is 1. The van der Waals surface area contributed by atoms with Crippen LogP contribution in [0, 0.1) is 0 Å². The molecule has 74 valence electrons. The van der Waals surface area contributed by atoms with E-state index in [-0.39, 0.29) is 11.7 Å². The molecule has 0 saturated carbocycles. The van der Waals surface area contributed by atoms with Crippen molar-refractivity contribution in [1.29, 1.82) is 0 Å². The van der Waals surface area contributed by atoms with Gasteiger partial charge in [0, 0.05) is 17.8 Å². The second-order valence-corrected chi connectivity index (χ2v) is 3.73. The summed E-state index contributed by atoms with van der Waals surface area (Å²) in [7, 11) is 0. The monoisotopic (exact) mass is 209 g/mol. The minimum absolute atomic E-state index is 0.0122. The van der Waals surface area contributed by atoms with Crippen LogP contribution in [0.3, 0.4) is 0 Å². The first kappa shape index (κ1) is 9.53. The zero-order chi connectivity index (χ0) is 9.97. The first-order valence-electron chi connectivity index (χ1n) is 4.77. The zero-order valence-corrected chi connectivity index (χ0v) is 8.60. The lowest BCUT2D eigenvalue weighted by Gasteiger charge is -2.18. The molecule has 0 atom stereocenters. The minimum atomic E-state index is -0.0122. The third-order valence-electron chi connectivity index (χ3n) is 2.49. The molecule has 1 aromatic rings. The first-order chi connectivity index (χ1) is 6.81. The fourth-order valence-electron chi connectivity index (χ4n) is 1.71. The Kier molecular flexibility index (Phi) is 2.73. The number of nitrogens with one attached hydrogen (secondary N) is 1. The van der Waals surface area contributed by atoms with Gasteiger partial charge in [-0.3, -0.25) is 4.79 Å². The van der Waals surface area contributed by atoms with Crippen molar-refractivity contribution >= 4 is 23.1 Å². The maximum absolute atomic E-state index is 11.3. The van der Waals surface area contributed by atoms with Gasteiger partial charge in [0.2, 0.25) is 0 Å². The Balaban J connectivity index is 2.33. The van der Waals surface area contributed by atoms with Crippen LogP contribution < -0.4 is 5.32 Å². The number of carbonyl (C=O) groups excluding carboxylic acids is 1. The van der Waals surface area contributed by atoms with Crippen molar-refractivity contribution in [3.05, 3.63) is 29.3 Å². The van der Waals surface area contributed by atoms with E-state index in [4.69, 9.17) is 11.6 Å². The zero-order valence-electron chi connectivity index (χ0n) is 7.85. The molecule has 2 rings (SSSR count). The molecule has 0 saturated heterocycles. The van der Waals surface area contributed by atoms with Crippen molar-refractivity contribution in [1.82, 2.24) is 0 Å². The third-order valence-corrected chi connectivity index (χ3v) is 2.73. The van der Waals surface area contributed by atoms with E-state index in [1.54, 1.807) is 0 Å². The number of anilines is 1. The number of aryl methyl sites for hydroxylation is 1. The molecule has 0 radical (unpaired) electrons. The summed E-state index contributed by atoms with van der Waals surface area (Å²) in [5.74, 6) is 0.0422. The van der Waals surface area contributed by atoms with Crippen molar-refractivity contribution in [2.45, 2.75) is 12.8 Å². The maximum atomic E-state index is 11.3. The van der Waals surface area contributed by atoms with E-state index in [1.807, 2.05) is 18.2 Å². The van der Waals surface area contributed by atoms with Crippen LogP contribution >= 0.6 is 11.6 Å². The van der Waals surface area contributed by atoms with E-state index in [9.17, 15) is 4.79 Å². The van der Waals surface area contributed by atoms with Crippen molar-refractivity contribution in [3.8, 4) is 0 Å². The van der Waals surface area contributed by atoms with Gasteiger partial charge >= 0.3 is 0 Å². The van der Waals surface area contributed by atoms with Gasteiger partial charge in [-0.05, 0) is 24.5 Å². The van der Waals surface area contributed by atoms with Crippen LogP contribution in [-0.2, 0) is 6.42 Å². The Hall–Kier alpha value is -1.02. The fraction of sp³-hybridized carbons (Fsp3) is 0.364. The molecule has 1 heterocycles. The number of halogens is 1. The molecule has 0 aliphatic carbocycles. The number of hydrogen-bond donors (Lipinski definition) is 1. The number of fused-ring (bicyclic) bond motifs is 1. The molecule has 1 aliphatic heterocycles. The quantitative estimate of drug-likeness (QED) is 0.599. The molecule has 14 heavy (non-hydrogen) atoms. The summed E-state index contributed by atoms with van der Waals surface area (Å²) < 4.78 is 0. The standard InChI is InChI=1S/C11H12ClNO/c12-7-11(14)9-4-3-8-2-1-5-13-10(8)6-9/h3-4,6,13H,1-2,5,7H2. The number of carbonyl (C=O) groups is 1. The second-order valence-electron chi connectivity index (χ2n) is 3.46. The highest BCUT2D eigenvalue weighted by Gasteiger charge is 2.11. The van der Waals surface area contributed by atoms with E-state index in [1.165, 1.54) is 5.56 Å². The average molecular weight is 210 g/mol. The van der Waals surface area contributed by atoms with Gasteiger partial charge in [0.15, 0.2) is 5.78 Å². The Bertz CT molecular complexity index is 362. The number of rotatable bonds is 2. The number of alkyl halides is 1. The molecule has 1 aromatic carbocycles. The minimum Gasteiger partial charge on any atom is -0.385 e. The average Bonchev–Trinajstić information content (AvgIpc) is 2.27. The normalized spacial score (nSPS) is 14.4. The van der Waals surface area contributed by atoms with E-state index < -0.39 is 0 Å². The van der Waals surface area contributed by atoms with E-state index >= 15 is 0 Å². The van der Waals surface area contributed by atoms with Gasteiger partial charge in [-0.15, -0.1) is 11.6 Å². The van der Waals surface area contributed by atoms with E-state index in [0.29, 0.717) is 5.56 Å². The smallest absolute Gasteiger partial charge is 0.177 e. The van der Waals surface area contributed by atoms with Gasteiger partial charge in [0.1, 0.15) is 0 Å². The maximum Gasteiger partial charge on any atom is 0.177 e. The molecule has 0 amide bonds. The Labute approximate surface area is 88.3 Å². The molecule has 0 bridgehead atoms. The summed E-state index contributed by atoms with van der Waals surface area (Å²) in [4.78, 5) is 11.3. The van der Waals surface area contributed by atoms with Crippen LogP contribution in [0.4, 0.5) is 5.69 Å². The van der Waals surface area contributed by atoms with Crippen molar-refractivity contribution in [2.75, 3.05) is 17.7 Å². The van der Waals surface area contributed by atoms with Gasteiger partial charge in [-0.25, -0.2) is 0 Å². The van der Waals surface area contributed by atoms with Crippen LogP contribution in [0.1, 0.15) is 22.3 Å². The van der Waals surface area contributed by atoms with Gasteiger partial charge in [-0.2, -0.15) is 0 Å². The summed E-state index contributed by atoms with van der Waals surface area (Å²) in [5, 5.41) is 3.29. The summed E-state index contributed by atoms with van der Waals surface area (Å²) in [6.45, 7) is 0.992. The largest absolute Gasteiger partial charge is 0.385 e. The predicted molar refractivity (Wildman–Crippen MR) is 58.3 cm³/mol. The first-order valence-corrected chi connectivity index (χ1v) is 5.30. The Morgan fingerprint density at radius 1 is 1.50 bits per heavy atom. The van der Waals surface area contributed by atoms with Crippen LogP contribution in [0.2, 0.25) is 0 Å². The molecular weight excluding hydrogens is 198 g/mol. The van der Waals surface area contributed by atoms with Gasteiger partial charge < -0.3 is 5.32 Å². The molecule has 1 aliphatic rings. The molecular formula is C11H12ClNO. The van der Waals surface area contributed by atoms with Crippen LogP contribution in [0.5, 0.6) is 0 Å². The summed E-state index contributed by atoms with van der Waals surface area (Å²) in [5.41, 5.74) is 3.09. The SMILES string of the molecule is O=C(CCl)c1ccc2c(c1)NCCC2. The third kappa shape index (κ3) is 1.75. The van der Waals surface area contributed by atoms with Crippen molar-refractivity contribution in [2.24, 2.45) is 0 Å². The molecule has 0 fully saturated rings. The van der Waals surface area contributed by atoms with Crippen molar-refractivity contribution in [3.63, 3.8) is 0 Å². The number of hydrogen-bond acceptors (Lipinski definition) is 2.